The molecule has 1 N–H and O–H groups in total. The molecule has 0 radical (unpaired) electrons. The van der Waals surface area contributed by atoms with Gasteiger partial charge in [0.2, 0.25) is 5.69 Å². The Bertz CT molecular complexity index is 870. The van der Waals surface area contributed by atoms with E-state index < -0.39 is 0 Å². The van der Waals surface area contributed by atoms with Crippen molar-refractivity contribution in [3.05, 3.63) is 59.8 Å². The van der Waals surface area contributed by atoms with Gasteiger partial charge in [0.1, 0.15) is 5.65 Å². The highest BCUT2D eigenvalue weighted by Gasteiger charge is 2.18. The van der Waals surface area contributed by atoms with E-state index in [4.69, 9.17) is 11.6 Å². The molecule has 0 bridgehead atoms. The van der Waals surface area contributed by atoms with Crippen LogP contribution < -0.4 is 5.32 Å². The van der Waals surface area contributed by atoms with Gasteiger partial charge in [-0.2, -0.15) is 0 Å². The maximum absolute atomic E-state index is 7.16. The van der Waals surface area contributed by atoms with Gasteiger partial charge in [-0.25, -0.2) is 9.83 Å². The third kappa shape index (κ3) is 2.24. The first-order valence-corrected chi connectivity index (χ1v) is 7.35. The Hall–Kier alpha value is -2.71. The Labute approximate surface area is 128 Å². The third-order valence-corrected chi connectivity index (χ3v) is 4.05. The van der Waals surface area contributed by atoms with Crippen LogP contribution in [-0.2, 0) is 6.42 Å². The van der Waals surface area contributed by atoms with E-state index in [1.54, 1.807) is 6.07 Å². The molecule has 3 aromatic rings. The summed E-state index contributed by atoms with van der Waals surface area (Å²) in [4.78, 5) is 12.7. The van der Waals surface area contributed by atoms with Gasteiger partial charge in [0.25, 0.3) is 0 Å². The number of nitrogens with zero attached hydrogens (tertiary/aromatic N) is 4. The summed E-state index contributed by atoms with van der Waals surface area (Å²) in [5, 5.41) is 3.29. The van der Waals surface area contributed by atoms with Gasteiger partial charge < -0.3 is 9.72 Å². The fourth-order valence-corrected chi connectivity index (χ4v) is 2.75. The van der Waals surface area contributed by atoms with Crippen LogP contribution >= 0.6 is 0 Å². The van der Waals surface area contributed by atoms with Gasteiger partial charge >= 0.3 is 0 Å². The largest absolute Gasteiger partial charge is 0.316 e. The van der Waals surface area contributed by atoms with Crippen LogP contribution in [0.15, 0.2) is 42.7 Å². The molecule has 0 spiro atoms. The van der Waals surface area contributed by atoms with Gasteiger partial charge in [0.15, 0.2) is 0 Å². The molecule has 108 valence electrons. The molecule has 5 heteroatoms. The summed E-state index contributed by atoms with van der Waals surface area (Å²) in [5.74, 6) is 0.693. The number of imidazole rings is 1. The normalized spacial score (nSPS) is 14.7. The quantitative estimate of drug-likeness (QED) is 0.754. The summed E-state index contributed by atoms with van der Waals surface area (Å²) in [6.45, 7) is 9.31. The lowest BCUT2D eigenvalue weighted by Gasteiger charge is -2.26. The number of rotatable bonds is 3. The summed E-state index contributed by atoms with van der Waals surface area (Å²) in [7, 11) is 0. The van der Waals surface area contributed by atoms with Crippen molar-refractivity contribution >= 4 is 11.3 Å². The Morgan fingerprint density at radius 1 is 1.27 bits per heavy atom. The van der Waals surface area contributed by atoms with Crippen molar-refractivity contribution in [3.63, 3.8) is 0 Å². The smallest absolute Gasteiger partial charge is 0.203 e. The average Bonchev–Trinajstić information content (AvgIpc) is 2.94. The second kappa shape index (κ2) is 5.24. The Kier molecular flexibility index (Phi) is 3.10. The molecule has 0 saturated carbocycles. The number of pyridine rings is 2. The van der Waals surface area contributed by atoms with Crippen LogP contribution in [0, 0.1) is 12.5 Å². The Morgan fingerprint density at radius 3 is 2.95 bits per heavy atom. The summed E-state index contributed by atoms with van der Waals surface area (Å²) in [6.07, 6.45) is 4.64. The van der Waals surface area contributed by atoms with Crippen LogP contribution in [0.25, 0.3) is 21.9 Å². The highest BCUT2D eigenvalue weighted by Crippen LogP contribution is 2.23. The molecule has 0 aliphatic carbocycles. The number of aromatic nitrogens is 3. The van der Waals surface area contributed by atoms with Crippen LogP contribution in [0.1, 0.15) is 5.69 Å². The summed E-state index contributed by atoms with van der Waals surface area (Å²) >= 11 is 0. The maximum Gasteiger partial charge on any atom is 0.203 e. The average molecular weight is 289 g/mol. The van der Waals surface area contributed by atoms with Crippen molar-refractivity contribution in [3.8, 4) is 11.4 Å². The van der Waals surface area contributed by atoms with Gasteiger partial charge in [0.05, 0.1) is 24.2 Å². The second-order valence-electron chi connectivity index (χ2n) is 5.61. The van der Waals surface area contributed by atoms with E-state index in [0.29, 0.717) is 11.6 Å². The van der Waals surface area contributed by atoms with Crippen molar-refractivity contribution in [1.29, 1.82) is 0 Å². The minimum absolute atomic E-state index is 0.600. The summed E-state index contributed by atoms with van der Waals surface area (Å²) in [6, 6.07) is 9.77. The molecule has 3 aromatic heterocycles. The van der Waals surface area contributed by atoms with E-state index in [2.05, 4.69) is 21.2 Å². The van der Waals surface area contributed by atoms with Crippen LogP contribution in [0.2, 0.25) is 0 Å². The minimum Gasteiger partial charge on any atom is -0.316 e. The molecular weight excluding hydrogens is 274 g/mol. The van der Waals surface area contributed by atoms with Crippen molar-refractivity contribution < 1.29 is 0 Å². The first-order valence-electron chi connectivity index (χ1n) is 7.35. The van der Waals surface area contributed by atoms with Crippen LogP contribution in [-0.4, -0.2) is 27.5 Å². The predicted octanol–water partition coefficient (Wildman–Crippen LogP) is 2.71. The predicted molar refractivity (Wildman–Crippen MR) is 84.7 cm³/mol. The molecule has 1 aliphatic rings. The van der Waals surface area contributed by atoms with E-state index in [-0.39, 0.29) is 0 Å². The Morgan fingerprint density at radius 2 is 2.18 bits per heavy atom. The fourth-order valence-electron chi connectivity index (χ4n) is 2.75. The lowest BCUT2D eigenvalue weighted by molar-refractivity contribution is 0.344. The van der Waals surface area contributed by atoms with Crippen molar-refractivity contribution in [2.45, 2.75) is 6.42 Å². The lowest BCUT2D eigenvalue weighted by atomic mass is 9.97. The van der Waals surface area contributed by atoms with Gasteiger partial charge in [-0.05, 0) is 43.6 Å². The van der Waals surface area contributed by atoms with Crippen molar-refractivity contribution in [2.24, 2.45) is 5.92 Å². The van der Waals surface area contributed by atoms with Crippen molar-refractivity contribution in [1.82, 2.24) is 19.7 Å². The summed E-state index contributed by atoms with van der Waals surface area (Å²) in [5.41, 5.74) is 4.37. The standard InChI is InChI=1S/C17H15N5/c1-18-14-5-6-17-20-10-16(22(17)11-14)15-4-2-3-13(21-15)7-12-8-19-9-12/h2-6,10-12,19H,7-9H2. The molecule has 5 nitrogen and oxygen atoms in total. The van der Waals surface area contributed by atoms with Gasteiger partial charge in [-0.15, -0.1) is 0 Å². The first kappa shape index (κ1) is 13.0. The molecule has 1 saturated heterocycles. The molecule has 22 heavy (non-hydrogen) atoms. The molecule has 0 atom stereocenters. The third-order valence-electron chi connectivity index (χ3n) is 4.05. The molecule has 4 heterocycles. The number of nitrogens with one attached hydrogen (secondary N) is 1. The van der Waals surface area contributed by atoms with E-state index in [0.717, 1.165) is 42.2 Å². The molecule has 0 amide bonds. The number of fused-ring (bicyclic) bond motifs is 1. The topological polar surface area (TPSA) is 46.6 Å². The van der Waals surface area contributed by atoms with Crippen LogP contribution in [0.3, 0.4) is 0 Å². The van der Waals surface area contributed by atoms with Gasteiger partial charge in [0, 0.05) is 11.9 Å². The monoisotopic (exact) mass is 289 g/mol. The first-order chi connectivity index (χ1) is 10.8. The van der Waals surface area contributed by atoms with Crippen LogP contribution in [0.5, 0.6) is 0 Å². The van der Waals surface area contributed by atoms with E-state index in [1.165, 1.54) is 0 Å². The molecule has 4 rings (SSSR count). The zero-order valence-electron chi connectivity index (χ0n) is 12.0. The minimum atomic E-state index is 0.600. The summed E-state index contributed by atoms with van der Waals surface area (Å²) < 4.78 is 1.93. The van der Waals surface area contributed by atoms with Gasteiger partial charge in [-0.1, -0.05) is 12.1 Å². The maximum atomic E-state index is 7.16. The Balaban J connectivity index is 1.74. The SMILES string of the molecule is [C-]#[N+]c1ccc2ncc(-c3cccc(CC4CNC4)n3)n2c1. The lowest BCUT2D eigenvalue weighted by Crippen LogP contribution is -2.43. The highest BCUT2D eigenvalue weighted by molar-refractivity contribution is 5.62. The molecule has 0 unspecified atom stereocenters. The zero-order chi connectivity index (χ0) is 14.9. The van der Waals surface area contributed by atoms with E-state index in [9.17, 15) is 0 Å². The van der Waals surface area contributed by atoms with Crippen LogP contribution in [0.4, 0.5) is 5.69 Å². The zero-order valence-corrected chi connectivity index (χ0v) is 12.0. The molecule has 0 aromatic carbocycles. The van der Waals surface area contributed by atoms with E-state index >= 15 is 0 Å². The fraction of sp³-hybridized carbons (Fsp3) is 0.235. The molecular formula is C17H15N5. The van der Waals surface area contributed by atoms with Gasteiger partial charge in [-0.3, -0.25) is 4.98 Å². The highest BCUT2D eigenvalue weighted by atomic mass is 15.0. The molecule has 1 aliphatic heterocycles. The number of hydrogen-bond acceptors (Lipinski definition) is 3. The second-order valence-corrected chi connectivity index (χ2v) is 5.61. The van der Waals surface area contributed by atoms with E-state index in [1.807, 2.05) is 35.0 Å². The molecule has 1 fully saturated rings. The number of hydrogen-bond donors (Lipinski definition) is 1. The van der Waals surface area contributed by atoms with Crippen molar-refractivity contribution in [2.75, 3.05) is 13.1 Å².